The zero-order valence-electron chi connectivity index (χ0n) is 47.4. The van der Waals surface area contributed by atoms with Crippen molar-refractivity contribution in [2.75, 3.05) is 0 Å². The van der Waals surface area contributed by atoms with Crippen molar-refractivity contribution in [3.63, 3.8) is 0 Å². The van der Waals surface area contributed by atoms with Crippen LogP contribution in [0.5, 0.6) is 0 Å². The molecular formula is C80H50N8. The normalized spacial score (nSPS) is 11.4. The van der Waals surface area contributed by atoms with Crippen LogP contribution in [0.1, 0.15) is 0 Å². The van der Waals surface area contributed by atoms with Gasteiger partial charge in [-0.25, -0.2) is 29.8 Å². The summed E-state index contributed by atoms with van der Waals surface area (Å²) < 4.78 is 4.59. The molecule has 7 aromatic heterocycles. The number of aromatic nitrogens is 7. The van der Waals surface area contributed by atoms with Crippen LogP contribution in [0.4, 0.5) is 5.69 Å². The van der Waals surface area contributed by atoms with Crippen LogP contribution in [0, 0.1) is 6.57 Å². The Hall–Kier alpha value is -12.2. The van der Waals surface area contributed by atoms with Gasteiger partial charge in [0.2, 0.25) is 0 Å². The monoisotopic (exact) mass is 1120 g/mol. The lowest BCUT2D eigenvalue weighted by atomic mass is 10.0. The number of benzene rings is 9. The van der Waals surface area contributed by atoms with Gasteiger partial charge in [0.25, 0.3) is 0 Å². The van der Waals surface area contributed by atoms with E-state index in [0.29, 0.717) is 5.69 Å². The fraction of sp³-hybridized carbons (Fsp3) is 0. The Kier molecular flexibility index (Phi) is 12.7. The average Bonchev–Trinajstić information content (AvgIpc) is 2.21. The molecule has 0 radical (unpaired) electrons. The first-order chi connectivity index (χ1) is 43.5. The smallest absolute Gasteiger partial charge is 0.187 e. The number of nitrogens with zero attached hydrogens (tertiary/aromatic N) is 8. The Bertz CT molecular complexity index is 5110. The standard InChI is InChI=1S/C80H50N8/c1-81-61-28-14-27-56(45-61)62-50-80(88-77-43-39-59(73-35-17-31-69(85-73)54-23-10-4-11-24-54)48-65(77)66-49-60(40-44-78(66)88)74-36-18-32-70(86-74)55-25-12-5-13-26-55)82-51-79(62)87-75-41-37-57(71-33-15-29-67(83-71)52-19-6-2-7-20-52)46-63(75)64-47-58(38-42-76(64)87)72-34-16-30-68(84-72)53-21-8-3-9-22-53/h2-51H. The highest BCUT2D eigenvalue weighted by Gasteiger charge is 2.23. The molecule has 0 aliphatic rings. The van der Waals surface area contributed by atoms with E-state index in [2.05, 4.69) is 220 Å². The highest BCUT2D eigenvalue weighted by molar-refractivity contribution is 6.13. The van der Waals surface area contributed by atoms with Gasteiger partial charge in [-0.2, -0.15) is 0 Å². The van der Waals surface area contributed by atoms with Crippen LogP contribution in [-0.2, 0) is 0 Å². The molecule has 0 bridgehead atoms. The summed E-state index contributed by atoms with van der Waals surface area (Å²) in [6, 6.07) is 103. The number of rotatable bonds is 11. The van der Waals surface area contributed by atoms with Crippen LogP contribution in [-0.4, -0.2) is 34.1 Å². The quantitative estimate of drug-likeness (QED) is 0.121. The van der Waals surface area contributed by atoms with Gasteiger partial charge < -0.3 is 4.57 Å². The molecule has 8 nitrogen and oxygen atoms in total. The zero-order chi connectivity index (χ0) is 58.5. The molecule has 0 fully saturated rings. The number of fused-ring (bicyclic) bond motifs is 6. The van der Waals surface area contributed by atoms with Crippen molar-refractivity contribution in [1.29, 1.82) is 0 Å². The minimum atomic E-state index is 0.542. The number of hydrogen-bond acceptors (Lipinski definition) is 5. The van der Waals surface area contributed by atoms with Crippen molar-refractivity contribution in [3.8, 4) is 113 Å². The van der Waals surface area contributed by atoms with Crippen LogP contribution < -0.4 is 0 Å². The van der Waals surface area contributed by atoms with Crippen molar-refractivity contribution >= 4 is 49.3 Å². The molecule has 88 heavy (non-hydrogen) atoms. The largest absolute Gasteiger partial charge is 0.307 e. The zero-order valence-corrected chi connectivity index (χ0v) is 47.4. The highest BCUT2D eigenvalue weighted by Crippen LogP contribution is 2.43. The van der Waals surface area contributed by atoms with E-state index in [1.54, 1.807) is 0 Å². The first-order valence-corrected chi connectivity index (χ1v) is 29.3. The summed E-state index contributed by atoms with van der Waals surface area (Å²) in [5.74, 6) is 0.722. The minimum absolute atomic E-state index is 0.542. The SMILES string of the molecule is [C-]#[N+]c1cccc(-c2cc(-n3c4ccc(-c5cccc(-c6ccccc6)n5)cc4c4cc(-c5cccc(-c6ccccc6)n5)ccc43)ncc2-n2c3ccc(-c4cccc(-c5ccccc5)n4)cc3c3cc(-c4cccc(-c5ccccc5)n4)ccc32)c1. The lowest BCUT2D eigenvalue weighted by Crippen LogP contribution is -2.03. The summed E-state index contributed by atoms with van der Waals surface area (Å²) in [5.41, 5.74) is 22.5. The molecule has 0 aliphatic carbocycles. The molecule has 7 heterocycles. The van der Waals surface area contributed by atoms with Gasteiger partial charge in [-0.3, -0.25) is 4.57 Å². The van der Waals surface area contributed by atoms with Gasteiger partial charge in [-0.15, -0.1) is 0 Å². The summed E-state index contributed by atoms with van der Waals surface area (Å²) in [5, 5.41) is 4.19. The Morgan fingerprint density at radius 1 is 0.261 bits per heavy atom. The van der Waals surface area contributed by atoms with Crippen LogP contribution in [0.25, 0.3) is 161 Å². The van der Waals surface area contributed by atoms with Gasteiger partial charge in [0, 0.05) is 71.6 Å². The van der Waals surface area contributed by atoms with Gasteiger partial charge in [0.1, 0.15) is 5.82 Å². The molecule has 0 atom stereocenters. The van der Waals surface area contributed by atoms with Crippen LogP contribution in [0.3, 0.4) is 0 Å². The van der Waals surface area contributed by atoms with E-state index in [0.717, 1.165) is 156 Å². The maximum Gasteiger partial charge on any atom is 0.187 e. The van der Waals surface area contributed by atoms with Gasteiger partial charge in [-0.05, 0) is 115 Å². The molecule has 16 aromatic rings. The summed E-state index contributed by atoms with van der Waals surface area (Å²) in [6.07, 6.45) is 2.00. The summed E-state index contributed by atoms with van der Waals surface area (Å²) in [4.78, 5) is 30.3. The topological polar surface area (TPSA) is 78.7 Å². The molecule has 16 rings (SSSR count). The molecule has 0 aliphatic heterocycles. The predicted octanol–water partition coefficient (Wildman–Crippen LogP) is 20.4. The third-order valence-electron chi connectivity index (χ3n) is 16.6. The predicted molar refractivity (Wildman–Crippen MR) is 359 cm³/mol. The van der Waals surface area contributed by atoms with Gasteiger partial charge in [0.05, 0.1) is 86.1 Å². The van der Waals surface area contributed by atoms with Crippen LogP contribution >= 0.6 is 0 Å². The second-order valence-electron chi connectivity index (χ2n) is 21.9. The first kappa shape index (κ1) is 51.5. The second kappa shape index (κ2) is 21.8. The maximum absolute atomic E-state index is 8.21. The van der Waals surface area contributed by atoms with E-state index in [9.17, 15) is 0 Å². The van der Waals surface area contributed by atoms with Crippen LogP contribution in [0.15, 0.2) is 303 Å². The van der Waals surface area contributed by atoms with Crippen molar-refractivity contribution in [1.82, 2.24) is 34.1 Å². The van der Waals surface area contributed by atoms with E-state index in [1.807, 2.05) is 97.2 Å². The molecule has 0 saturated heterocycles. The fourth-order valence-corrected chi connectivity index (χ4v) is 12.4. The maximum atomic E-state index is 8.21. The summed E-state index contributed by atoms with van der Waals surface area (Å²) >= 11 is 0. The second-order valence-corrected chi connectivity index (χ2v) is 21.9. The molecule has 0 saturated carbocycles. The Balaban J connectivity index is 0.906. The van der Waals surface area contributed by atoms with E-state index < -0.39 is 0 Å². The minimum Gasteiger partial charge on any atom is -0.307 e. The molecule has 8 heteroatoms. The average molecular weight is 1120 g/mol. The van der Waals surface area contributed by atoms with E-state index in [4.69, 9.17) is 31.5 Å². The highest BCUT2D eigenvalue weighted by atomic mass is 15.1. The third-order valence-corrected chi connectivity index (χ3v) is 16.6. The van der Waals surface area contributed by atoms with Gasteiger partial charge >= 0.3 is 0 Å². The lowest BCUT2D eigenvalue weighted by Gasteiger charge is -2.17. The van der Waals surface area contributed by atoms with Crippen molar-refractivity contribution in [2.45, 2.75) is 0 Å². The molecule has 410 valence electrons. The number of hydrogen-bond donors (Lipinski definition) is 0. The third kappa shape index (κ3) is 9.33. The van der Waals surface area contributed by atoms with Gasteiger partial charge in [-0.1, -0.05) is 188 Å². The Labute approximate surface area is 508 Å². The molecule has 0 amide bonds. The lowest BCUT2D eigenvalue weighted by molar-refractivity contribution is 1.06. The molecule has 0 spiro atoms. The molecular weight excluding hydrogens is 1070 g/mol. The molecule has 9 aromatic carbocycles. The Morgan fingerprint density at radius 2 is 0.568 bits per heavy atom. The first-order valence-electron chi connectivity index (χ1n) is 29.3. The fourth-order valence-electron chi connectivity index (χ4n) is 12.4. The molecule has 0 N–H and O–H groups in total. The van der Waals surface area contributed by atoms with Crippen molar-refractivity contribution in [3.05, 3.63) is 315 Å². The number of pyridine rings is 5. The van der Waals surface area contributed by atoms with Gasteiger partial charge in [0.15, 0.2) is 5.69 Å². The van der Waals surface area contributed by atoms with Crippen molar-refractivity contribution in [2.24, 2.45) is 0 Å². The van der Waals surface area contributed by atoms with E-state index >= 15 is 0 Å². The van der Waals surface area contributed by atoms with Crippen molar-refractivity contribution < 1.29 is 0 Å². The summed E-state index contributed by atoms with van der Waals surface area (Å²) in [7, 11) is 0. The van der Waals surface area contributed by atoms with Crippen LogP contribution in [0.2, 0.25) is 0 Å². The Morgan fingerprint density at radius 3 is 0.909 bits per heavy atom. The molecule has 0 unspecified atom stereocenters. The van der Waals surface area contributed by atoms with E-state index in [1.165, 1.54) is 0 Å². The summed E-state index contributed by atoms with van der Waals surface area (Å²) in [6.45, 7) is 8.21. The van der Waals surface area contributed by atoms with E-state index in [-0.39, 0.29) is 0 Å².